The lowest BCUT2D eigenvalue weighted by Gasteiger charge is -2.52. The summed E-state index contributed by atoms with van der Waals surface area (Å²) in [5, 5.41) is 142. The maximum atomic E-state index is 12.2. The number of hydrogen-bond acceptors (Lipinski definition) is 23. The fourth-order valence-corrected chi connectivity index (χ4v) is 8.37. The molecule has 24 nitrogen and oxygen atoms in total. The zero-order chi connectivity index (χ0) is 45.4. The van der Waals surface area contributed by atoms with Crippen LogP contribution in [0.15, 0.2) is 0 Å². The number of hydrogen-bond donors (Lipinski definition) is 14. The molecular formula is C37H65NO23. The van der Waals surface area contributed by atoms with Crippen LogP contribution >= 0.6 is 0 Å². The van der Waals surface area contributed by atoms with Gasteiger partial charge in [0.25, 0.3) is 0 Å². The van der Waals surface area contributed by atoms with Crippen molar-refractivity contribution in [3.8, 4) is 0 Å². The summed E-state index contributed by atoms with van der Waals surface area (Å²) >= 11 is 0. The van der Waals surface area contributed by atoms with Gasteiger partial charge in [-0.15, -0.1) is 0 Å². The smallest absolute Gasteiger partial charge is 0.217 e. The molecule has 10 unspecified atom stereocenters. The summed E-state index contributed by atoms with van der Waals surface area (Å²) in [5.74, 6) is -1.67. The largest absolute Gasteiger partial charge is 0.394 e. The molecule has 0 radical (unpaired) electrons. The van der Waals surface area contributed by atoms with E-state index < -0.39 is 191 Å². The predicted molar refractivity (Wildman–Crippen MR) is 197 cm³/mol. The first-order valence-electron chi connectivity index (χ1n) is 20.3. The number of rotatable bonds is 13. The number of aliphatic hydroxyl groups is 13. The van der Waals surface area contributed by atoms with Crippen molar-refractivity contribution < 1.29 is 114 Å². The lowest BCUT2D eigenvalue weighted by Crippen LogP contribution is -2.69. The van der Waals surface area contributed by atoms with Crippen LogP contribution in [0.2, 0.25) is 0 Å². The molecule has 1 amide bonds. The van der Waals surface area contributed by atoms with Crippen molar-refractivity contribution in [2.45, 2.75) is 189 Å². The van der Waals surface area contributed by atoms with Gasteiger partial charge in [0.2, 0.25) is 5.91 Å². The van der Waals surface area contributed by atoms with Gasteiger partial charge in [0.1, 0.15) is 97.7 Å². The van der Waals surface area contributed by atoms with E-state index in [1.807, 2.05) is 0 Å². The SMILES string of the molecule is CC(=O)NC1[C@@H](O)[C@H](O[C@@H]2OC(CO)[C@H](O)[C@H](O[C@@H]3OC(CO)[C@@H](O[C@@H]4OC(CO)[C@H](O)[C@H](O)C4O)[C@@H](O[C@@H]4OC(C)[C@@H](O)C(O)[C@H]4O)C3C)C2O)C(CO)O[C@H]1C(C)(C)C. The predicted octanol–water partition coefficient (Wildman–Crippen LogP) is -7.38. The van der Waals surface area contributed by atoms with Crippen LogP contribution in [0.1, 0.15) is 41.5 Å². The average molecular weight is 892 g/mol. The summed E-state index contributed by atoms with van der Waals surface area (Å²) in [4.78, 5) is 12.2. The summed E-state index contributed by atoms with van der Waals surface area (Å²) in [6.45, 7) is 6.22. The normalized spacial score (nSPS) is 50.0. The van der Waals surface area contributed by atoms with E-state index in [-0.39, 0.29) is 0 Å². The Labute approximate surface area is 351 Å². The first-order chi connectivity index (χ1) is 28.6. The summed E-state index contributed by atoms with van der Waals surface area (Å²) in [6, 6.07) is -1.07. The molecule has 0 spiro atoms. The van der Waals surface area contributed by atoms with Crippen LogP contribution in [0.5, 0.6) is 0 Å². The second-order valence-corrected chi connectivity index (χ2v) is 17.4. The highest BCUT2D eigenvalue weighted by Crippen LogP contribution is 2.40. The van der Waals surface area contributed by atoms with E-state index in [0.29, 0.717) is 0 Å². The fraction of sp³-hybridized carbons (Fsp3) is 0.973. The zero-order valence-electron chi connectivity index (χ0n) is 34.7. The van der Waals surface area contributed by atoms with Crippen LogP contribution < -0.4 is 5.32 Å². The number of ether oxygens (including phenoxy) is 9. The van der Waals surface area contributed by atoms with Crippen molar-refractivity contribution >= 4 is 5.91 Å². The molecule has 356 valence electrons. The second-order valence-electron chi connectivity index (χ2n) is 17.4. The molecule has 61 heavy (non-hydrogen) atoms. The zero-order valence-corrected chi connectivity index (χ0v) is 34.7. The molecule has 0 saturated carbocycles. The molecule has 5 saturated heterocycles. The third kappa shape index (κ3) is 10.7. The molecular weight excluding hydrogens is 826 g/mol. The molecule has 0 aromatic heterocycles. The molecule has 24 heteroatoms. The molecule has 5 rings (SSSR count). The molecule has 0 aromatic rings. The lowest BCUT2D eigenvalue weighted by atomic mass is 9.78. The third-order valence-electron chi connectivity index (χ3n) is 11.9. The van der Waals surface area contributed by atoms with Crippen LogP contribution in [0, 0.1) is 11.3 Å². The first-order valence-corrected chi connectivity index (χ1v) is 20.3. The standard InChI is InChI=1S/C37H65NO23/c1-11-28(58-34-25(50)23(48)19(44)12(2)53-34)30(60-35-26(51)24(49)20(45)14(7-39)55-35)17(10-42)57-33(11)61-31-21(46)15(8-40)56-36(27(31)52)59-29-16(9-41)54-32(37(4,5)6)18(22(29)47)38-13(3)43/h11-12,14-36,39-42,44-52H,7-10H2,1-6H3,(H,38,43)/t11?,12?,14?,15?,16?,17?,18?,19-,20+,21+,22-,23?,24+,25-,26?,27?,28+,29-,30-,31+,32-,33+,34+,35+,36+/m1/s1. The van der Waals surface area contributed by atoms with Gasteiger partial charge in [-0.05, 0) is 12.3 Å². The van der Waals surface area contributed by atoms with Crippen LogP contribution in [0.25, 0.3) is 0 Å². The quantitative estimate of drug-likeness (QED) is 0.0817. The number of carbonyl (C=O) groups excluding carboxylic acids is 1. The van der Waals surface area contributed by atoms with Gasteiger partial charge in [-0.2, -0.15) is 0 Å². The van der Waals surface area contributed by atoms with E-state index >= 15 is 0 Å². The third-order valence-corrected chi connectivity index (χ3v) is 11.9. The molecule has 0 bridgehead atoms. The van der Waals surface area contributed by atoms with E-state index in [1.165, 1.54) is 20.8 Å². The monoisotopic (exact) mass is 891 g/mol. The van der Waals surface area contributed by atoms with Gasteiger partial charge in [0.05, 0.1) is 50.8 Å². The van der Waals surface area contributed by atoms with Crippen LogP contribution in [0.4, 0.5) is 0 Å². The van der Waals surface area contributed by atoms with Gasteiger partial charge in [-0.25, -0.2) is 0 Å². The van der Waals surface area contributed by atoms with Gasteiger partial charge >= 0.3 is 0 Å². The van der Waals surface area contributed by atoms with Crippen molar-refractivity contribution in [3.63, 3.8) is 0 Å². The highest BCUT2D eigenvalue weighted by atomic mass is 16.8. The molecule has 0 aromatic carbocycles. The van der Waals surface area contributed by atoms with Crippen LogP contribution in [0.3, 0.4) is 0 Å². The Morgan fingerprint density at radius 1 is 0.492 bits per heavy atom. The number of carbonyl (C=O) groups is 1. The van der Waals surface area contributed by atoms with E-state index in [2.05, 4.69) is 5.32 Å². The Hall–Kier alpha value is -1.41. The number of amides is 1. The minimum atomic E-state index is -1.96. The van der Waals surface area contributed by atoms with Crippen molar-refractivity contribution in [1.82, 2.24) is 5.32 Å². The maximum Gasteiger partial charge on any atom is 0.217 e. The summed E-state index contributed by atoms with van der Waals surface area (Å²) in [6.07, 6.45) is -36.8. The van der Waals surface area contributed by atoms with Gasteiger partial charge in [0, 0.05) is 12.8 Å². The van der Waals surface area contributed by atoms with Gasteiger partial charge in [-0.1, -0.05) is 27.7 Å². The Morgan fingerprint density at radius 3 is 1.48 bits per heavy atom. The van der Waals surface area contributed by atoms with Crippen LogP contribution in [-0.4, -0.2) is 246 Å². The molecule has 5 heterocycles. The van der Waals surface area contributed by atoms with Crippen molar-refractivity contribution in [3.05, 3.63) is 0 Å². The van der Waals surface area contributed by atoms with E-state index in [1.54, 1.807) is 20.8 Å². The van der Waals surface area contributed by atoms with Crippen molar-refractivity contribution in [2.24, 2.45) is 11.3 Å². The van der Waals surface area contributed by atoms with Crippen molar-refractivity contribution in [1.29, 1.82) is 0 Å². The van der Waals surface area contributed by atoms with Gasteiger partial charge in [-0.3, -0.25) is 4.79 Å². The Bertz CT molecular complexity index is 1390. The Morgan fingerprint density at radius 2 is 0.934 bits per heavy atom. The summed E-state index contributed by atoms with van der Waals surface area (Å²) in [7, 11) is 0. The second kappa shape index (κ2) is 20.8. The Kier molecular flexibility index (Phi) is 17.3. The molecule has 5 aliphatic heterocycles. The number of aliphatic hydroxyl groups excluding tert-OH is 13. The van der Waals surface area contributed by atoms with Crippen molar-refractivity contribution in [2.75, 3.05) is 26.4 Å². The fourth-order valence-electron chi connectivity index (χ4n) is 8.37. The minimum Gasteiger partial charge on any atom is -0.394 e. The van der Waals surface area contributed by atoms with E-state index in [9.17, 15) is 71.2 Å². The van der Waals surface area contributed by atoms with E-state index in [4.69, 9.17) is 42.6 Å². The number of nitrogens with one attached hydrogen (secondary N) is 1. The van der Waals surface area contributed by atoms with Gasteiger partial charge < -0.3 is 114 Å². The molecule has 25 atom stereocenters. The molecule has 0 aliphatic carbocycles. The molecule has 5 fully saturated rings. The minimum absolute atomic E-state index is 0.507. The summed E-state index contributed by atoms with van der Waals surface area (Å²) < 4.78 is 53.5. The Balaban J connectivity index is 1.43. The topological polar surface area (TPSA) is 375 Å². The molecule has 5 aliphatic rings. The molecule has 14 N–H and O–H groups in total. The first kappa shape index (κ1) is 50.6. The average Bonchev–Trinajstić information content (AvgIpc) is 3.21. The lowest BCUT2D eigenvalue weighted by molar-refractivity contribution is -0.395. The highest BCUT2D eigenvalue weighted by Gasteiger charge is 2.57. The summed E-state index contributed by atoms with van der Waals surface area (Å²) in [5.41, 5.74) is -0.664. The van der Waals surface area contributed by atoms with E-state index in [0.717, 1.165) is 0 Å². The maximum absolute atomic E-state index is 12.2. The highest BCUT2D eigenvalue weighted by molar-refractivity contribution is 5.73. The van der Waals surface area contributed by atoms with Gasteiger partial charge in [0.15, 0.2) is 25.2 Å². The van der Waals surface area contributed by atoms with Crippen LogP contribution in [-0.2, 0) is 47.4 Å².